The number of carbonyl (C=O) groups excluding carboxylic acids is 1. The summed E-state index contributed by atoms with van der Waals surface area (Å²) in [6.45, 7) is 23.0. The average molecular weight is 770 g/mol. The summed E-state index contributed by atoms with van der Waals surface area (Å²) in [4.78, 5) is 12.5. The lowest BCUT2D eigenvalue weighted by Gasteiger charge is -2.26. The zero-order valence-corrected chi connectivity index (χ0v) is 35.9. The first-order valence-corrected chi connectivity index (χ1v) is 27.5. The maximum Gasteiger partial charge on any atom is 0.306 e. The van der Waals surface area contributed by atoms with Gasteiger partial charge in [0.05, 0.1) is 19.3 Å². The number of allylic oxidation sites excluding steroid dienone is 4. The van der Waals surface area contributed by atoms with E-state index in [4.69, 9.17) is 18.9 Å². The molecule has 3 rings (SSSR count). The van der Waals surface area contributed by atoms with Gasteiger partial charge in [-0.15, -0.1) is 0 Å². The van der Waals surface area contributed by atoms with Crippen LogP contribution in [-0.4, -0.2) is 80.5 Å². The summed E-state index contributed by atoms with van der Waals surface area (Å²) >= 11 is 0. The van der Waals surface area contributed by atoms with Crippen molar-refractivity contribution in [3.63, 3.8) is 0 Å². The first kappa shape index (κ1) is 43.6. The predicted octanol–water partition coefficient (Wildman–Crippen LogP) is 9.33. The second-order valence-electron chi connectivity index (χ2n) is 16.4. The summed E-state index contributed by atoms with van der Waals surface area (Å²) in [5.74, 6) is -0.717. The maximum absolute atomic E-state index is 14.0. The molecular weight excluding hydrogens is 707 g/mol. The number of aryl methyl sites for hydroxylation is 2. The van der Waals surface area contributed by atoms with Crippen molar-refractivity contribution in [3.8, 4) is 5.75 Å². The minimum atomic E-state index is -3.89. The van der Waals surface area contributed by atoms with Gasteiger partial charge in [-0.25, -0.2) is 8.42 Å². The molecule has 0 saturated heterocycles. The van der Waals surface area contributed by atoms with E-state index in [9.17, 15) is 13.2 Å². The highest BCUT2D eigenvalue weighted by Crippen LogP contribution is 2.33. The van der Waals surface area contributed by atoms with Crippen molar-refractivity contribution in [1.29, 1.82) is 0 Å². The number of hydrogen-bond acceptors (Lipinski definition) is 7. The molecule has 288 valence electrons. The van der Waals surface area contributed by atoms with Crippen LogP contribution in [0.2, 0.25) is 51.4 Å². The molecule has 1 aliphatic carbocycles. The molecule has 0 spiro atoms. The van der Waals surface area contributed by atoms with E-state index in [1.807, 2.05) is 24.3 Å². The van der Waals surface area contributed by atoms with Crippen molar-refractivity contribution in [2.75, 3.05) is 39.5 Å². The molecule has 11 heteroatoms. The monoisotopic (exact) mass is 769 g/mol. The largest absolute Gasteiger partial charge is 0.490 e. The normalized spacial score (nSPS) is 17.2. The van der Waals surface area contributed by atoms with Gasteiger partial charge in [0.25, 0.3) is 0 Å². The Morgan fingerprint density at radius 3 is 2.04 bits per heavy atom. The second-order valence-corrected chi connectivity index (χ2v) is 29.6. The Morgan fingerprint density at radius 1 is 0.923 bits per heavy atom. The fourth-order valence-electron chi connectivity index (χ4n) is 5.92. The number of rotatable bonds is 19. The predicted molar refractivity (Wildman–Crippen MR) is 220 cm³/mol. The highest BCUT2D eigenvalue weighted by Gasteiger charge is 2.30. The van der Waals surface area contributed by atoms with Crippen LogP contribution >= 0.6 is 0 Å². The Balaban J connectivity index is 1.73. The van der Waals surface area contributed by atoms with Crippen LogP contribution in [0.1, 0.15) is 53.9 Å². The van der Waals surface area contributed by atoms with Crippen LogP contribution in [-0.2, 0) is 29.0 Å². The zero-order valence-electron chi connectivity index (χ0n) is 33.1. The summed E-state index contributed by atoms with van der Waals surface area (Å²) in [5, 5.41) is 0. The molecule has 0 heterocycles. The van der Waals surface area contributed by atoms with Crippen LogP contribution in [0.5, 0.6) is 5.75 Å². The van der Waals surface area contributed by atoms with E-state index < -0.39 is 38.1 Å². The number of ether oxygens (including phenoxy) is 4. The quantitative estimate of drug-likeness (QED) is 0.0609. The molecule has 0 aromatic heterocycles. The lowest BCUT2D eigenvalue weighted by molar-refractivity contribution is -0.140. The molecule has 0 N–H and O–H groups in total. The molecule has 2 aromatic carbocycles. The molecule has 0 fully saturated rings. The number of methoxy groups -OCH3 is 1. The van der Waals surface area contributed by atoms with Crippen molar-refractivity contribution in [2.45, 2.75) is 103 Å². The van der Waals surface area contributed by atoms with Crippen LogP contribution in [0.25, 0.3) is 5.57 Å². The SMILES string of the molecule is C=C1CC[C@@H](Oc2ccc(C(CC(=O)OC)CS(=O)(=O)N(COCC[Si](C)(C)C)COCC[Si](C)(C)C)cc2)C/C=C\C=C1c1c(C)cccc1C. The van der Waals surface area contributed by atoms with Crippen molar-refractivity contribution in [1.82, 2.24) is 4.31 Å². The number of sulfonamides is 1. The Hall–Kier alpha value is -2.81. The van der Waals surface area contributed by atoms with E-state index in [0.717, 1.165) is 36.9 Å². The van der Waals surface area contributed by atoms with Gasteiger partial charge in [0.1, 0.15) is 25.3 Å². The zero-order chi connectivity index (χ0) is 38.5. The topological polar surface area (TPSA) is 91.4 Å². The van der Waals surface area contributed by atoms with Gasteiger partial charge in [0, 0.05) is 41.7 Å². The van der Waals surface area contributed by atoms with Gasteiger partial charge < -0.3 is 18.9 Å². The van der Waals surface area contributed by atoms with E-state index in [-0.39, 0.29) is 31.7 Å². The molecule has 0 saturated carbocycles. The Bertz CT molecular complexity index is 1600. The van der Waals surface area contributed by atoms with Gasteiger partial charge in [-0.3, -0.25) is 4.79 Å². The van der Waals surface area contributed by atoms with E-state index in [0.29, 0.717) is 24.5 Å². The number of esters is 1. The molecule has 8 nitrogen and oxygen atoms in total. The molecule has 1 unspecified atom stereocenters. The smallest absolute Gasteiger partial charge is 0.306 e. The number of carbonyl (C=O) groups is 1. The molecule has 2 aromatic rings. The van der Waals surface area contributed by atoms with Crippen LogP contribution < -0.4 is 4.74 Å². The second kappa shape index (κ2) is 20.0. The molecule has 0 bridgehead atoms. The molecule has 0 aliphatic heterocycles. The van der Waals surface area contributed by atoms with Crippen LogP contribution in [0.3, 0.4) is 0 Å². The van der Waals surface area contributed by atoms with Crippen LogP contribution in [0.4, 0.5) is 0 Å². The fraction of sp³-hybridized carbons (Fsp3) is 0.537. The molecule has 0 amide bonds. The highest BCUT2D eigenvalue weighted by molar-refractivity contribution is 7.89. The lowest BCUT2D eigenvalue weighted by atomic mass is 9.89. The van der Waals surface area contributed by atoms with Gasteiger partial charge in [-0.2, -0.15) is 4.31 Å². The Labute approximate surface area is 316 Å². The standard InChI is InChI=1S/C41H63NO7SSi2/c1-32-18-21-37(16-11-12-17-39(32)41-33(2)14-13-15-34(41)3)49-38-22-19-35(20-23-38)36(28-40(43)46-4)29-50(44,45)42(30-47-24-26-51(5,6)7)31-48-25-27-52(8,9)10/h11-15,17,19-20,22-23,36-37H,1,16,18,21,24-31H2,2-10H3/b12-11-,39-17?/t36?,37-/m0/s1. The highest BCUT2D eigenvalue weighted by atomic mass is 32.2. The number of hydrogen-bond donors (Lipinski definition) is 0. The summed E-state index contributed by atoms with van der Waals surface area (Å²) in [7, 11) is -5.29. The maximum atomic E-state index is 14.0. The number of benzene rings is 2. The van der Waals surface area contributed by atoms with Gasteiger partial charge >= 0.3 is 5.97 Å². The lowest BCUT2D eigenvalue weighted by Crippen LogP contribution is -2.39. The van der Waals surface area contributed by atoms with E-state index >= 15 is 0 Å². The van der Waals surface area contributed by atoms with Crippen LogP contribution in [0, 0.1) is 13.8 Å². The van der Waals surface area contributed by atoms with E-state index in [2.05, 4.69) is 96.1 Å². The van der Waals surface area contributed by atoms with Crippen molar-refractivity contribution >= 4 is 37.7 Å². The number of nitrogens with zero attached hydrogens (tertiary/aromatic N) is 1. The first-order valence-electron chi connectivity index (χ1n) is 18.5. The average Bonchev–Trinajstić information content (AvgIpc) is 3.13. The van der Waals surface area contributed by atoms with Gasteiger partial charge in [0.15, 0.2) is 0 Å². The summed E-state index contributed by atoms with van der Waals surface area (Å²) in [6.07, 6.45) is 8.57. The fourth-order valence-corrected chi connectivity index (χ4v) is 8.94. The molecule has 1 aliphatic rings. The third kappa shape index (κ3) is 14.9. The summed E-state index contributed by atoms with van der Waals surface area (Å²) in [5.41, 5.74) is 6.66. The minimum absolute atomic E-state index is 0.0636. The first-order chi connectivity index (χ1) is 24.4. The molecule has 0 radical (unpaired) electrons. The third-order valence-electron chi connectivity index (χ3n) is 9.26. The summed E-state index contributed by atoms with van der Waals surface area (Å²) < 4.78 is 52.4. The van der Waals surface area contributed by atoms with Crippen molar-refractivity contribution < 1.29 is 32.2 Å². The van der Waals surface area contributed by atoms with E-state index in [1.54, 1.807) is 0 Å². The molecular formula is C41H63NO7SSi2. The Morgan fingerprint density at radius 2 is 1.50 bits per heavy atom. The van der Waals surface area contributed by atoms with Gasteiger partial charge in [-0.05, 0) is 84.3 Å². The molecule has 2 atom stereocenters. The van der Waals surface area contributed by atoms with Crippen molar-refractivity contribution in [2.24, 2.45) is 0 Å². The summed E-state index contributed by atoms with van der Waals surface area (Å²) in [6, 6.07) is 15.6. The van der Waals surface area contributed by atoms with Crippen LogP contribution in [0.15, 0.2) is 72.8 Å². The third-order valence-corrected chi connectivity index (χ3v) is 14.5. The van der Waals surface area contributed by atoms with Crippen molar-refractivity contribution in [3.05, 3.63) is 95.1 Å². The molecule has 52 heavy (non-hydrogen) atoms. The van der Waals surface area contributed by atoms with Gasteiger partial charge in [-0.1, -0.05) is 94.4 Å². The Kier molecular flexibility index (Phi) is 16.8. The van der Waals surface area contributed by atoms with Gasteiger partial charge in [0.2, 0.25) is 10.0 Å². The van der Waals surface area contributed by atoms with E-state index in [1.165, 1.54) is 33.7 Å². The minimum Gasteiger partial charge on any atom is -0.490 e.